The van der Waals surface area contributed by atoms with E-state index in [1.807, 2.05) is 0 Å². The Bertz CT molecular complexity index is 276. The third-order valence-electron chi connectivity index (χ3n) is 1.72. The predicted molar refractivity (Wildman–Crippen MR) is 51.5 cm³/mol. The predicted octanol–water partition coefficient (Wildman–Crippen LogP) is 1.22. The number of esters is 2. The number of hydrogen-bond acceptors (Lipinski definition) is 4. The van der Waals surface area contributed by atoms with Gasteiger partial charge in [-0.1, -0.05) is 6.08 Å². The van der Waals surface area contributed by atoms with Gasteiger partial charge in [-0.15, -0.1) is 6.58 Å². The van der Waals surface area contributed by atoms with Gasteiger partial charge in [-0.2, -0.15) is 0 Å². The minimum absolute atomic E-state index is 0.249. The fraction of sp³-hybridized carbons (Fsp3) is 0.400. The van der Waals surface area contributed by atoms with E-state index in [1.165, 1.54) is 27.2 Å². The van der Waals surface area contributed by atoms with Crippen molar-refractivity contribution in [1.82, 2.24) is 0 Å². The fourth-order valence-electron chi connectivity index (χ4n) is 0.933. The topological polar surface area (TPSA) is 52.6 Å². The summed E-state index contributed by atoms with van der Waals surface area (Å²) in [4.78, 5) is 22.4. The maximum Gasteiger partial charge on any atom is 0.334 e. The molecule has 0 bridgehead atoms. The highest BCUT2D eigenvalue weighted by atomic mass is 16.5. The van der Waals surface area contributed by atoms with Crippen LogP contribution in [0.5, 0.6) is 0 Å². The number of rotatable bonds is 4. The standard InChI is InChI=1S/C10H14O4/c1-5-6-8(10(12)14-4)7(2)9(11)13-3/h5H,1,6H2,2-4H3. The van der Waals surface area contributed by atoms with Gasteiger partial charge in [0.1, 0.15) is 0 Å². The highest BCUT2D eigenvalue weighted by Gasteiger charge is 2.16. The van der Waals surface area contributed by atoms with Crippen LogP contribution < -0.4 is 0 Å². The SMILES string of the molecule is C=CCC(C(=O)OC)=C(C)C(=O)OC. The normalized spacial score (nSPS) is 11.4. The van der Waals surface area contributed by atoms with Crippen molar-refractivity contribution in [3.8, 4) is 0 Å². The zero-order valence-electron chi connectivity index (χ0n) is 8.62. The molecular formula is C10H14O4. The van der Waals surface area contributed by atoms with Crippen molar-refractivity contribution >= 4 is 11.9 Å². The second-order valence-corrected chi connectivity index (χ2v) is 2.58. The maximum absolute atomic E-state index is 11.2. The highest BCUT2D eigenvalue weighted by Crippen LogP contribution is 2.12. The van der Waals surface area contributed by atoms with E-state index in [4.69, 9.17) is 0 Å². The molecule has 14 heavy (non-hydrogen) atoms. The molecule has 0 aromatic carbocycles. The lowest BCUT2D eigenvalue weighted by atomic mass is 10.1. The van der Waals surface area contributed by atoms with Crippen LogP contribution in [0, 0.1) is 0 Å². The molecule has 0 spiro atoms. The van der Waals surface area contributed by atoms with Gasteiger partial charge in [-0.25, -0.2) is 9.59 Å². The molecule has 0 amide bonds. The molecule has 0 saturated heterocycles. The molecule has 0 unspecified atom stereocenters. The number of allylic oxidation sites excluding steroid dienone is 1. The monoisotopic (exact) mass is 198 g/mol. The van der Waals surface area contributed by atoms with E-state index in [9.17, 15) is 9.59 Å². The van der Waals surface area contributed by atoms with Crippen molar-refractivity contribution in [3.05, 3.63) is 23.8 Å². The summed E-state index contributed by atoms with van der Waals surface area (Å²) in [6.45, 7) is 5.01. The Morgan fingerprint density at radius 1 is 1.21 bits per heavy atom. The molecule has 0 N–H and O–H groups in total. The third kappa shape index (κ3) is 3.05. The molecule has 0 saturated carbocycles. The summed E-state index contributed by atoms with van der Waals surface area (Å²) in [7, 11) is 2.52. The lowest BCUT2D eigenvalue weighted by Gasteiger charge is -2.06. The number of ether oxygens (including phenoxy) is 2. The average Bonchev–Trinajstić information content (AvgIpc) is 2.22. The van der Waals surface area contributed by atoms with Gasteiger partial charge in [-0.3, -0.25) is 0 Å². The summed E-state index contributed by atoms with van der Waals surface area (Å²) in [5.74, 6) is -1.07. The van der Waals surface area contributed by atoms with Gasteiger partial charge in [0.2, 0.25) is 0 Å². The van der Waals surface area contributed by atoms with Crippen molar-refractivity contribution < 1.29 is 19.1 Å². The Kier molecular flexibility index (Phi) is 5.29. The van der Waals surface area contributed by atoms with Crippen LogP contribution in [0.25, 0.3) is 0 Å². The lowest BCUT2D eigenvalue weighted by molar-refractivity contribution is -0.139. The third-order valence-corrected chi connectivity index (χ3v) is 1.72. The summed E-state index contributed by atoms with van der Waals surface area (Å²) in [5, 5.41) is 0. The van der Waals surface area contributed by atoms with Crippen LogP contribution in [0.1, 0.15) is 13.3 Å². The van der Waals surface area contributed by atoms with Gasteiger partial charge in [0, 0.05) is 5.57 Å². The van der Waals surface area contributed by atoms with Crippen molar-refractivity contribution in [1.29, 1.82) is 0 Å². The first-order chi connectivity index (χ1) is 6.58. The van der Waals surface area contributed by atoms with Gasteiger partial charge in [0.05, 0.1) is 19.8 Å². The molecule has 78 valence electrons. The van der Waals surface area contributed by atoms with Gasteiger partial charge in [-0.05, 0) is 13.3 Å². The van der Waals surface area contributed by atoms with Gasteiger partial charge in [0.15, 0.2) is 0 Å². The minimum Gasteiger partial charge on any atom is -0.466 e. The van der Waals surface area contributed by atoms with E-state index < -0.39 is 11.9 Å². The number of carbonyl (C=O) groups is 2. The molecular weight excluding hydrogens is 184 g/mol. The summed E-state index contributed by atoms with van der Waals surface area (Å²) < 4.78 is 9.02. The molecule has 0 atom stereocenters. The van der Waals surface area contributed by atoms with Gasteiger partial charge in [0.25, 0.3) is 0 Å². The number of methoxy groups -OCH3 is 2. The van der Waals surface area contributed by atoms with E-state index in [0.29, 0.717) is 0 Å². The quantitative estimate of drug-likeness (QED) is 0.387. The van der Waals surface area contributed by atoms with Gasteiger partial charge < -0.3 is 9.47 Å². The van der Waals surface area contributed by atoms with Crippen LogP contribution in [-0.4, -0.2) is 26.2 Å². The van der Waals surface area contributed by atoms with Crippen LogP contribution in [-0.2, 0) is 19.1 Å². The second-order valence-electron chi connectivity index (χ2n) is 2.58. The summed E-state index contributed by atoms with van der Waals surface area (Å²) in [5.41, 5.74) is 0.522. The molecule has 0 aromatic rings. The molecule has 0 aliphatic carbocycles. The Morgan fingerprint density at radius 3 is 2.07 bits per heavy atom. The van der Waals surface area contributed by atoms with Crippen molar-refractivity contribution in [2.45, 2.75) is 13.3 Å². The molecule has 0 rings (SSSR count). The Morgan fingerprint density at radius 2 is 1.71 bits per heavy atom. The molecule has 0 aliphatic rings. The van der Waals surface area contributed by atoms with Crippen molar-refractivity contribution in [2.75, 3.05) is 14.2 Å². The second kappa shape index (κ2) is 5.96. The fourth-order valence-corrected chi connectivity index (χ4v) is 0.933. The summed E-state index contributed by atoms with van der Waals surface area (Å²) in [6, 6.07) is 0. The van der Waals surface area contributed by atoms with Crippen LogP contribution in [0.2, 0.25) is 0 Å². The summed E-state index contributed by atoms with van der Waals surface area (Å²) in [6.07, 6.45) is 1.81. The molecule has 4 heteroatoms. The lowest BCUT2D eigenvalue weighted by Crippen LogP contribution is -2.12. The first-order valence-electron chi connectivity index (χ1n) is 4.05. The summed E-state index contributed by atoms with van der Waals surface area (Å²) >= 11 is 0. The zero-order valence-corrected chi connectivity index (χ0v) is 8.62. The molecule has 0 fully saturated rings. The van der Waals surface area contributed by atoms with E-state index in [0.717, 1.165) is 0 Å². The van der Waals surface area contributed by atoms with E-state index in [1.54, 1.807) is 0 Å². The molecule has 0 aromatic heterocycles. The maximum atomic E-state index is 11.2. The Balaban J connectivity index is 5.03. The smallest absolute Gasteiger partial charge is 0.334 e. The zero-order chi connectivity index (χ0) is 11.1. The average molecular weight is 198 g/mol. The highest BCUT2D eigenvalue weighted by molar-refractivity contribution is 6.00. The van der Waals surface area contributed by atoms with Crippen LogP contribution in [0.15, 0.2) is 23.8 Å². The molecule has 0 radical (unpaired) electrons. The van der Waals surface area contributed by atoms with Crippen LogP contribution >= 0.6 is 0 Å². The minimum atomic E-state index is -0.535. The Labute approximate surface area is 83.2 Å². The number of hydrogen-bond donors (Lipinski definition) is 0. The molecule has 4 nitrogen and oxygen atoms in total. The van der Waals surface area contributed by atoms with Gasteiger partial charge >= 0.3 is 11.9 Å². The Hall–Kier alpha value is -1.58. The van der Waals surface area contributed by atoms with Crippen LogP contribution in [0.4, 0.5) is 0 Å². The molecule has 0 heterocycles. The largest absolute Gasteiger partial charge is 0.466 e. The van der Waals surface area contributed by atoms with Crippen molar-refractivity contribution in [2.24, 2.45) is 0 Å². The first kappa shape index (κ1) is 12.4. The molecule has 0 aliphatic heterocycles. The van der Waals surface area contributed by atoms with E-state index >= 15 is 0 Å². The van der Waals surface area contributed by atoms with Crippen molar-refractivity contribution in [3.63, 3.8) is 0 Å². The van der Waals surface area contributed by atoms with E-state index in [2.05, 4.69) is 16.1 Å². The first-order valence-corrected chi connectivity index (χ1v) is 4.05. The van der Waals surface area contributed by atoms with Crippen LogP contribution in [0.3, 0.4) is 0 Å². The van der Waals surface area contributed by atoms with E-state index in [-0.39, 0.29) is 17.6 Å². The number of carbonyl (C=O) groups excluding carboxylic acids is 2.